The normalized spacial score (nSPS) is 11.3. The lowest BCUT2D eigenvalue weighted by Crippen LogP contribution is -1.80. The minimum Gasteiger partial charge on any atom is -0.411 e. The second-order valence-electron chi connectivity index (χ2n) is 2.53. The fraction of sp³-hybridized carbons (Fsp3) is 0. The number of aromatic amines is 1. The molecule has 0 saturated heterocycles. The molecule has 3 nitrogen and oxygen atoms in total. The minimum absolute atomic E-state index is 0.913. The average molecular weight is 160 g/mol. The van der Waals surface area contributed by atoms with Crippen LogP contribution in [-0.2, 0) is 0 Å². The summed E-state index contributed by atoms with van der Waals surface area (Å²) in [6.45, 7) is 0. The molecule has 0 bridgehead atoms. The van der Waals surface area contributed by atoms with Gasteiger partial charge in [0.05, 0.1) is 6.21 Å². The van der Waals surface area contributed by atoms with Gasteiger partial charge in [0.1, 0.15) is 0 Å². The largest absolute Gasteiger partial charge is 0.411 e. The van der Waals surface area contributed by atoms with Crippen LogP contribution < -0.4 is 0 Å². The van der Waals surface area contributed by atoms with E-state index in [-0.39, 0.29) is 0 Å². The summed E-state index contributed by atoms with van der Waals surface area (Å²) in [5.74, 6) is 0. The van der Waals surface area contributed by atoms with Gasteiger partial charge in [-0.2, -0.15) is 0 Å². The van der Waals surface area contributed by atoms with Crippen LogP contribution in [0, 0.1) is 0 Å². The van der Waals surface area contributed by atoms with E-state index in [1.54, 1.807) is 0 Å². The summed E-state index contributed by atoms with van der Waals surface area (Å²) >= 11 is 0. The highest BCUT2D eigenvalue weighted by atomic mass is 16.4. The Balaban J connectivity index is 2.73. The molecule has 2 rings (SSSR count). The maximum atomic E-state index is 8.38. The van der Waals surface area contributed by atoms with Crippen molar-refractivity contribution in [2.24, 2.45) is 5.16 Å². The zero-order valence-electron chi connectivity index (χ0n) is 6.36. The van der Waals surface area contributed by atoms with Crippen molar-refractivity contribution in [1.29, 1.82) is 0 Å². The van der Waals surface area contributed by atoms with Gasteiger partial charge < -0.3 is 10.2 Å². The zero-order chi connectivity index (χ0) is 8.39. The third-order valence-corrected chi connectivity index (χ3v) is 1.83. The molecule has 0 amide bonds. The molecule has 3 heteroatoms. The van der Waals surface area contributed by atoms with Crippen LogP contribution in [0.15, 0.2) is 35.6 Å². The molecular weight excluding hydrogens is 152 g/mol. The first-order valence-corrected chi connectivity index (χ1v) is 3.65. The number of aromatic nitrogens is 1. The van der Waals surface area contributed by atoms with E-state index in [1.165, 1.54) is 6.21 Å². The van der Waals surface area contributed by atoms with E-state index in [2.05, 4.69) is 10.1 Å². The molecule has 12 heavy (non-hydrogen) atoms. The smallest absolute Gasteiger partial charge is 0.0740 e. The van der Waals surface area contributed by atoms with Crippen LogP contribution in [-0.4, -0.2) is 16.4 Å². The number of H-pyrrole nitrogens is 1. The van der Waals surface area contributed by atoms with E-state index < -0.39 is 0 Å². The first-order valence-electron chi connectivity index (χ1n) is 3.65. The van der Waals surface area contributed by atoms with Gasteiger partial charge in [-0.15, -0.1) is 0 Å². The van der Waals surface area contributed by atoms with Gasteiger partial charge in [-0.05, 0) is 12.1 Å². The molecule has 0 aliphatic rings. The monoisotopic (exact) mass is 160 g/mol. The number of oxime groups is 1. The van der Waals surface area contributed by atoms with Crippen LogP contribution in [0.3, 0.4) is 0 Å². The number of nitrogens with one attached hydrogen (secondary N) is 1. The lowest BCUT2D eigenvalue weighted by molar-refractivity contribution is 0.322. The molecule has 0 atom stereocenters. The molecule has 0 aliphatic carbocycles. The van der Waals surface area contributed by atoms with Crippen molar-refractivity contribution in [3.05, 3.63) is 36.0 Å². The Labute approximate surface area is 69.3 Å². The first kappa shape index (κ1) is 6.91. The van der Waals surface area contributed by atoms with Crippen molar-refractivity contribution < 1.29 is 5.21 Å². The molecule has 1 heterocycles. The highest BCUT2D eigenvalue weighted by Crippen LogP contribution is 2.15. The van der Waals surface area contributed by atoms with Crippen LogP contribution in [0.2, 0.25) is 0 Å². The highest BCUT2D eigenvalue weighted by Gasteiger charge is 1.97. The number of benzene rings is 1. The summed E-state index contributed by atoms with van der Waals surface area (Å²) in [5.41, 5.74) is 1.96. The van der Waals surface area contributed by atoms with E-state index in [9.17, 15) is 0 Å². The molecule has 0 unspecified atom stereocenters. The summed E-state index contributed by atoms with van der Waals surface area (Å²) in [7, 11) is 0. The van der Waals surface area contributed by atoms with Gasteiger partial charge in [0.2, 0.25) is 0 Å². The fourth-order valence-electron chi connectivity index (χ4n) is 1.28. The number of fused-ring (bicyclic) bond motifs is 1. The number of hydrogen-bond acceptors (Lipinski definition) is 2. The summed E-state index contributed by atoms with van der Waals surface area (Å²) in [4.78, 5) is 3.08. The summed E-state index contributed by atoms with van der Waals surface area (Å²) in [6, 6.07) is 7.74. The van der Waals surface area contributed by atoms with Gasteiger partial charge >= 0.3 is 0 Å². The van der Waals surface area contributed by atoms with E-state index in [4.69, 9.17) is 5.21 Å². The molecule has 0 fully saturated rings. The first-order chi connectivity index (χ1) is 5.92. The molecule has 0 aliphatic heterocycles. The Hall–Kier alpha value is -1.77. The lowest BCUT2D eigenvalue weighted by atomic mass is 10.1. The average Bonchev–Trinajstić information content (AvgIpc) is 2.53. The third-order valence-electron chi connectivity index (χ3n) is 1.83. The molecule has 0 spiro atoms. The maximum absolute atomic E-state index is 8.38. The molecule has 0 radical (unpaired) electrons. The fourth-order valence-corrected chi connectivity index (χ4v) is 1.28. The third kappa shape index (κ3) is 0.955. The van der Waals surface area contributed by atoms with Crippen LogP contribution in [0.4, 0.5) is 0 Å². The quantitative estimate of drug-likeness (QED) is 0.374. The van der Waals surface area contributed by atoms with E-state index >= 15 is 0 Å². The molecule has 1 aromatic heterocycles. The Morgan fingerprint density at radius 3 is 3.08 bits per heavy atom. The predicted molar refractivity (Wildman–Crippen MR) is 47.7 cm³/mol. The Morgan fingerprint density at radius 1 is 1.33 bits per heavy atom. The molecule has 1 aromatic carbocycles. The summed E-state index contributed by atoms with van der Waals surface area (Å²) < 4.78 is 0. The molecule has 60 valence electrons. The topological polar surface area (TPSA) is 48.4 Å². The number of nitrogens with zero attached hydrogens (tertiary/aromatic N) is 1. The Kier molecular flexibility index (Phi) is 1.55. The van der Waals surface area contributed by atoms with E-state index in [0.717, 1.165) is 16.5 Å². The minimum atomic E-state index is 0.913. The Morgan fingerprint density at radius 2 is 2.25 bits per heavy atom. The summed E-state index contributed by atoms with van der Waals surface area (Å²) in [6.07, 6.45) is 3.29. The van der Waals surface area contributed by atoms with Crippen molar-refractivity contribution in [2.75, 3.05) is 0 Å². The molecular formula is C9H8N2O. The van der Waals surface area contributed by atoms with Gasteiger partial charge in [0, 0.05) is 22.7 Å². The standard InChI is InChI=1S/C9H8N2O/c12-11-6-7-2-1-3-9-8(7)4-5-10-9/h1-6,10,12H. The predicted octanol–water partition coefficient (Wildman–Crippen LogP) is 1.98. The van der Waals surface area contributed by atoms with Gasteiger partial charge in [0.25, 0.3) is 0 Å². The van der Waals surface area contributed by atoms with Gasteiger partial charge in [-0.1, -0.05) is 17.3 Å². The van der Waals surface area contributed by atoms with E-state index in [0.29, 0.717) is 0 Å². The number of rotatable bonds is 1. The lowest BCUT2D eigenvalue weighted by Gasteiger charge is -1.93. The van der Waals surface area contributed by atoms with Crippen molar-refractivity contribution in [3.8, 4) is 0 Å². The van der Waals surface area contributed by atoms with Crippen LogP contribution >= 0.6 is 0 Å². The summed E-state index contributed by atoms with van der Waals surface area (Å²) in [5, 5.41) is 12.4. The van der Waals surface area contributed by atoms with Gasteiger partial charge in [-0.25, -0.2) is 0 Å². The van der Waals surface area contributed by atoms with Crippen molar-refractivity contribution >= 4 is 17.1 Å². The van der Waals surface area contributed by atoms with Crippen LogP contribution in [0.5, 0.6) is 0 Å². The SMILES string of the molecule is ON=Cc1cccc2[nH]ccc12. The van der Waals surface area contributed by atoms with Gasteiger partial charge in [-0.3, -0.25) is 0 Å². The van der Waals surface area contributed by atoms with Crippen molar-refractivity contribution in [3.63, 3.8) is 0 Å². The van der Waals surface area contributed by atoms with Gasteiger partial charge in [0.15, 0.2) is 0 Å². The Bertz CT molecular complexity index is 417. The van der Waals surface area contributed by atoms with Crippen molar-refractivity contribution in [2.45, 2.75) is 0 Å². The molecule has 2 aromatic rings. The van der Waals surface area contributed by atoms with E-state index in [1.807, 2.05) is 30.5 Å². The zero-order valence-corrected chi connectivity index (χ0v) is 6.36. The van der Waals surface area contributed by atoms with Crippen LogP contribution in [0.25, 0.3) is 10.9 Å². The molecule has 2 N–H and O–H groups in total. The van der Waals surface area contributed by atoms with Crippen LogP contribution in [0.1, 0.15) is 5.56 Å². The second-order valence-corrected chi connectivity index (χ2v) is 2.53. The molecule has 0 saturated carbocycles. The van der Waals surface area contributed by atoms with Crippen molar-refractivity contribution in [1.82, 2.24) is 4.98 Å². The second kappa shape index (κ2) is 2.70. The maximum Gasteiger partial charge on any atom is 0.0740 e. The number of hydrogen-bond donors (Lipinski definition) is 2. The highest BCUT2D eigenvalue weighted by molar-refractivity contribution is 5.98.